The number of likely N-dealkylation sites (tertiary alicyclic amines) is 1. The van der Waals surface area contributed by atoms with Crippen LogP contribution in [-0.2, 0) is 48.0 Å². The largest absolute Gasteiger partial charge is 0.726 e. The van der Waals surface area contributed by atoms with Crippen molar-refractivity contribution in [3.63, 3.8) is 0 Å². The summed E-state index contributed by atoms with van der Waals surface area (Å²) in [5, 5.41) is 56.9. The molecule has 0 aromatic carbocycles. The molecule has 4 rings (SSSR count). The summed E-state index contributed by atoms with van der Waals surface area (Å²) in [6.07, 6.45) is -11.5. The molecular formula is C31H50N6O16S. The van der Waals surface area contributed by atoms with Crippen LogP contribution in [0.1, 0.15) is 39.5 Å². The second-order valence-electron chi connectivity index (χ2n) is 14.1. The van der Waals surface area contributed by atoms with Crippen LogP contribution in [0.4, 0.5) is 0 Å². The Hall–Kier alpha value is -3.52. The predicted octanol–water partition coefficient (Wildman–Crippen LogP) is -5.63. The molecule has 0 radical (unpaired) electrons. The summed E-state index contributed by atoms with van der Waals surface area (Å²) in [7, 11) is -4.12. The third kappa shape index (κ3) is 10.2. The van der Waals surface area contributed by atoms with Gasteiger partial charge in [0.1, 0.15) is 37.0 Å². The normalized spacial score (nSPS) is 32.4. The maximum absolute atomic E-state index is 14.5. The van der Waals surface area contributed by atoms with E-state index in [-0.39, 0.29) is 31.8 Å². The lowest BCUT2D eigenvalue weighted by Gasteiger charge is -2.44. The van der Waals surface area contributed by atoms with E-state index >= 15 is 0 Å². The Kier molecular flexibility index (Phi) is 14.4. The summed E-state index contributed by atoms with van der Waals surface area (Å²) in [5.41, 5.74) is 12.3. The molecule has 0 bridgehead atoms. The van der Waals surface area contributed by atoms with Crippen LogP contribution in [0.2, 0.25) is 0 Å². The Labute approximate surface area is 311 Å². The molecule has 306 valence electrons. The standard InChI is InChI=1S/C31H50N6O16S/c1-13(2)21(35-27(43)20(50-3)12-51-54(47,48)49)28(44)37-16-10-19(52-30-24(41)22(39)23(40)25(53-30)29(45)46)18(38)9-15(16)8-17(37)26(42)34-6-4-14-5-7-36(11-14)31(32)33/h5,13,15-25,30,38-41H,4,6-12H2,1-3H3,(H7,32,33,34,35,42,43,45,46,47,48,49)/t15-,16+,17+,18+,19+,20?,21?,22+,23+,24-,25+,30+/m1/s1. The van der Waals surface area contributed by atoms with Crippen molar-refractivity contribution in [2.24, 2.45) is 23.3 Å². The maximum atomic E-state index is 14.5. The lowest BCUT2D eigenvalue weighted by molar-refractivity contribution is -0.503. The van der Waals surface area contributed by atoms with Gasteiger partial charge < -0.3 is 59.8 Å². The first kappa shape index (κ1) is 43.2. The monoisotopic (exact) mass is 794 g/mol. The molecule has 23 heteroatoms. The van der Waals surface area contributed by atoms with E-state index in [1.807, 2.05) is 6.08 Å². The number of aliphatic hydroxyl groups is 4. The Morgan fingerprint density at radius 2 is 1.78 bits per heavy atom. The highest BCUT2D eigenvalue weighted by molar-refractivity contribution is 7.80. The van der Waals surface area contributed by atoms with Crippen LogP contribution >= 0.6 is 0 Å². The van der Waals surface area contributed by atoms with Crippen LogP contribution in [0.3, 0.4) is 0 Å². The van der Waals surface area contributed by atoms with Gasteiger partial charge in [0.2, 0.25) is 22.2 Å². The molecule has 3 aliphatic heterocycles. The minimum absolute atomic E-state index is 0.0234. The first-order chi connectivity index (χ1) is 25.2. The zero-order chi connectivity index (χ0) is 40.2. The molecule has 3 heterocycles. The van der Waals surface area contributed by atoms with Crippen LogP contribution in [0.15, 0.2) is 11.6 Å². The van der Waals surface area contributed by atoms with E-state index in [1.165, 1.54) is 4.90 Å². The predicted molar refractivity (Wildman–Crippen MR) is 179 cm³/mol. The second-order valence-corrected chi connectivity index (χ2v) is 15.2. The van der Waals surface area contributed by atoms with Gasteiger partial charge >= 0.3 is 11.9 Å². The molecule has 1 saturated carbocycles. The summed E-state index contributed by atoms with van der Waals surface area (Å²) in [5.74, 6) is -4.85. The first-order valence-electron chi connectivity index (χ1n) is 17.3. The van der Waals surface area contributed by atoms with Gasteiger partial charge in [0, 0.05) is 19.7 Å². The van der Waals surface area contributed by atoms with Gasteiger partial charge in [-0.25, -0.2) is 13.2 Å². The number of fused-ring (bicyclic) bond motifs is 1. The molecule has 4 aliphatic rings. The molecule has 3 fully saturated rings. The molecule has 1 aliphatic carbocycles. The Morgan fingerprint density at radius 3 is 2.35 bits per heavy atom. The highest BCUT2D eigenvalue weighted by Gasteiger charge is 2.55. The van der Waals surface area contributed by atoms with Crippen molar-refractivity contribution in [2.75, 3.05) is 33.4 Å². The van der Waals surface area contributed by atoms with E-state index in [1.54, 1.807) is 18.4 Å². The Morgan fingerprint density at radius 1 is 1.09 bits per heavy atom. The fraction of sp³-hybridized carbons (Fsp3) is 0.774. The summed E-state index contributed by atoms with van der Waals surface area (Å²) < 4.78 is 55.0. The number of hydrogen-bond acceptors (Lipinski definition) is 15. The smallest absolute Gasteiger partial charge is 0.341 e. The molecule has 0 aromatic rings. The number of rotatable bonds is 15. The fourth-order valence-corrected chi connectivity index (χ4v) is 7.53. The van der Waals surface area contributed by atoms with Crippen LogP contribution in [-0.4, -0.2) is 178 Å². The molecule has 12 atom stereocenters. The van der Waals surface area contributed by atoms with Gasteiger partial charge in [-0.3, -0.25) is 34.6 Å². The third-order valence-electron chi connectivity index (χ3n) is 10.2. The molecule has 11 N–H and O–H groups in total. The van der Waals surface area contributed by atoms with Crippen molar-refractivity contribution >= 4 is 40.0 Å². The number of guanidine groups is 1. The molecule has 2 unspecified atom stereocenters. The quantitative estimate of drug-likeness (QED) is 0.0245. The number of nitrogens with one attached hydrogen (secondary N) is 2. The number of carboxylic acid groups (broad SMARTS) is 1. The SMILES string of the molecule is COC(COS(=O)(=O)[O-])C(=O)NC(C(=O)N1[C@H](C(=O)NCCC2=CC[N+](=C(N)N)C2)C[C@@H]2C[C@H](O)[C@@H](O[C@H]3O[C@H](C(=O)O)[C@@H](O)[C@H](O)[C@H]3O)C[C@@H]21)C(C)C. The van der Waals surface area contributed by atoms with Gasteiger partial charge in [-0.2, -0.15) is 0 Å². The lowest BCUT2D eigenvalue weighted by Crippen LogP contribution is -2.62. The molecule has 0 aromatic heterocycles. The van der Waals surface area contributed by atoms with E-state index < -0.39 is 120 Å². The number of hydrogen-bond donors (Lipinski definition) is 9. The lowest BCUT2D eigenvalue weighted by atomic mass is 9.81. The average Bonchev–Trinajstić information content (AvgIpc) is 3.71. The zero-order valence-electron chi connectivity index (χ0n) is 29.9. The van der Waals surface area contributed by atoms with Gasteiger partial charge in [-0.15, -0.1) is 0 Å². The highest BCUT2D eigenvalue weighted by atomic mass is 32.3. The molecule has 0 spiro atoms. The van der Waals surface area contributed by atoms with E-state index in [2.05, 4.69) is 14.8 Å². The van der Waals surface area contributed by atoms with Gasteiger partial charge in [-0.05, 0) is 49.2 Å². The summed E-state index contributed by atoms with van der Waals surface area (Å²) in [6.45, 7) is 3.40. The summed E-state index contributed by atoms with van der Waals surface area (Å²) in [6, 6.07) is -3.27. The van der Waals surface area contributed by atoms with Crippen LogP contribution in [0.25, 0.3) is 0 Å². The van der Waals surface area contributed by atoms with Crippen LogP contribution < -0.4 is 22.1 Å². The van der Waals surface area contributed by atoms with Gasteiger partial charge in [0.05, 0.1) is 25.3 Å². The number of aliphatic carboxylic acids is 1. The highest BCUT2D eigenvalue weighted by Crippen LogP contribution is 2.42. The molecular weight excluding hydrogens is 744 g/mol. The van der Waals surface area contributed by atoms with Crippen molar-refractivity contribution < 1.29 is 80.7 Å². The van der Waals surface area contributed by atoms with Crippen molar-refractivity contribution in [1.82, 2.24) is 15.5 Å². The number of carboxylic acids is 1. The van der Waals surface area contributed by atoms with Crippen molar-refractivity contribution in [3.8, 4) is 0 Å². The zero-order valence-corrected chi connectivity index (χ0v) is 30.7. The third-order valence-corrected chi connectivity index (χ3v) is 10.6. The second kappa shape index (κ2) is 18.0. The number of ether oxygens (including phenoxy) is 3. The minimum Gasteiger partial charge on any atom is -0.726 e. The van der Waals surface area contributed by atoms with E-state index in [9.17, 15) is 57.7 Å². The van der Waals surface area contributed by atoms with Crippen LogP contribution in [0.5, 0.6) is 0 Å². The minimum atomic E-state index is -5.18. The number of carbonyl (C=O) groups is 4. The van der Waals surface area contributed by atoms with E-state index in [0.29, 0.717) is 19.5 Å². The Bertz CT molecular complexity index is 1570. The van der Waals surface area contributed by atoms with Gasteiger partial charge in [0.25, 0.3) is 5.91 Å². The number of carbonyl (C=O) groups excluding carboxylic acids is 3. The van der Waals surface area contributed by atoms with Crippen molar-refractivity contribution in [1.29, 1.82) is 0 Å². The number of methoxy groups -OCH3 is 1. The summed E-state index contributed by atoms with van der Waals surface area (Å²) >= 11 is 0. The van der Waals surface area contributed by atoms with Crippen molar-refractivity contribution in [2.45, 2.75) is 107 Å². The summed E-state index contributed by atoms with van der Waals surface area (Å²) in [4.78, 5) is 54.5. The maximum Gasteiger partial charge on any atom is 0.341 e. The number of amides is 3. The van der Waals surface area contributed by atoms with Crippen molar-refractivity contribution in [3.05, 3.63) is 11.6 Å². The number of nitrogens with two attached hydrogens (primary N) is 2. The topological polar surface area (TPSA) is 346 Å². The average molecular weight is 795 g/mol. The first-order valence-corrected chi connectivity index (χ1v) is 18.7. The van der Waals surface area contributed by atoms with E-state index in [0.717, 1.165) is 12.7 Å². The van der Waals surface area contributed by atoms with E-state index in [4.69, 9.17) is 25.7 Å². The van der Waals surface area contributed by atoms with Gasteiger partial charge in [0.15, 0.2) is 18.5 Å². The molecule has 22 nitrogen and oxygen atoms in total. The number of aliphatic hydroxyl groups excluding tert-OH is 4. The number of nitrogens with zero attached hydrogens (tertiary/aromatic N) is 2. The Balaban J connectivity index is 1.58. The molecule has 2 saturated heterocycles. The van der Waals surface area contributed by atoms with Crippen LogP contribution in [0, 0.1) is 11.8 Å². The molecule has 3 amide bonds. The van der Waals surface area contributed by atoms with Gasteiger partial charge in [-0.1, -0.05) is 13.8 Å². The molecule has 54 heavy (non-hydrogen) atoms. The fourth-order valence-electron chi connectivity index (χ4n) is 7.24.